The second-order valence-electron chi connectivity index (χ2n) is 4.49. The van der Waals surface area contributed by atoms with Crippen LogP contribution in [0.15, 0.2) is 0 Å². The highest BCUT2D eigenvalue weighted by Gasteiger charge is 2.44. The number of rotatable bonds is 6. The summed E-state index contributed by atoms with van der Waals surface area (Å²) in [6.45, 7) is 0.00863. The number of aliphatic hydroxyl groups excluding tert-OH is 5. The van der Waals surface area contributed by atoms with E-state index in [-0.39, 0.29) is 13.2 Å². The molecular formula is C11H20O9. The van der Waals surface area contributed by atoms with Crippen LogP contribution >= 0.6 is 0 Å². The molecule has 1 aliphatic rings. The molecule has 9 nitrogen and oxygen atoms in total. The molecule has 0 amide bonds. The van der Waals surface area contributed by atoms with Crippen LogP contribution in [0, 0.1) is 0 Å². The molecule has 0 saturated carbocycles. The van der Waals surface area contributed by atoms with Crippen molar-refractivity contribution >= 4 is 5.97 Å². The van der Waals surface area contributed by atoms with Crippen LogP contribution in [0.1, 0.15) is 6.92 Å². The molecule has 0 aromatic rings. The van der Waals surface area contributed by atoms with Crippen molar-refractivity contribution in [2.45, 2.75) is 43.7 Å². The number of aliphatic hydroxyl groups is 5. The quantitative estimate of drug-likeness (QED) is 0.318. The number of hydrogen-bond acceptors (Lipinski definition) is 9. The summed E-state index contributed by atoms with van der Waals surface area (Å²) >= 11 is 0. The van der Waals surface area contributed by atoms with E-state index in [1.807, 2.05) is 0 Å². The van der Waals surface area contributed by atoms with Gasteiger partial charge in [0.1, 0.15) is 37.1 Å². The monoisotopic (exact) mass is 296 g/mol. The van der Waals surface area contributed by atoms with E-state index >= 15 is 0 Å². The lowest BCUT2D eigenvalue weighted by Gasteiger charge is -2.39. The fourth-order valence-electron chi connectivity index (χ4n) is 1.67. The summed E-state index contributed by atoms with van der Waals surface area (Å²) in [7, 11) is 0. The molecule has 0 radical (unpaired) electrons. The molecule has 0 bridgehead atoms. The molecular weight excluding hydrogens is 276 g/mol. The first kappa shape index (κ1) is 17.2. The van der Waals surface area contributed by atoms with Crippen LogP contribution in [0.4, 0.5) is 0 Å². The van der Waals surface area contributed by atoms with Crippen molar-refractivity contribution in [3.63, 3.8) is 0 Å². The first-order chi connectivity index (χ1) is 9.36. The van der Waals surface area contributed by atoms with Gasteiger partial charge >= 0.3 is 5.97 Å². The first-order valence-electron chi connectivity index (χ1n) is 6.10. The molecule has 1 aliphatic heterocycles. The molecule has 0 aromatic heterocycles. The summed E-state index contributed by atoms with van der Waals surface area (Å²) in [6, 6.07) is 0. The predicted octanol–water partition coefficient (Wildman–Crippen LogP) is -3.27. The second-order valence-corrected chi connectivity index (χ2v) is 4.49. The highest BCUT2D eigenvalue weighted by Crippen LogP contribution is 2.21. The van der Waals surface area contributed by atoms with Crippen molar-refractivity contribution < 1.29 is 44.5 Å². The van der Waals surface area contributed by atoms with E-state index in [1.54, 1.807) is 0 Å². The van der Waals surface area contributed by atoms with Crippen molar-refractivity contribution in [3.8, 4) is 0 Å². The van der Waals surface area contributed by atoms with E-state index in [1.165, 1.54) is 6.92 Å². The van der Waals surface area contributed by atoms with Crippen LogP contribution in [0.3, 0.4) is 0 Å². The van der Waals surface area contributed by atoms with E-state index in [2.05, 4.69) is 4.74 Å². The van der Waals surface area contributed by atoms with Crippen molar-refractivity contribution in [2.24, 2.45) is 0 Å². The Morgan fingerprint density at radius 3 is 2.40 bits per heavy atom. The predicted molar refractivity (Wildman–Crippen MR) is 62.4 cm³/mol. The van der Waals surface area contributed by atoms with E-state index in [0.29, 0.717) is 0 Å². The van der Waals surface area contributed by atoms with E-state index in [4.69, 9.17) is 14.6 Å². The van der Waals surface area contributed by atoms with Gasteiger partial charge in [0.2, 0.25) is 0 Å². The minimum Gasteiger partial charge on any atom is -0.463 e. The van der Waals surface area contributed by atoms with Crippen molar-refractivity contribution in [1.82, 2.24) is 0 Å². The molecule has 0 aliphatic carbocycles. The standard InChI is InChI=1S/C11H20O9/c1-5(13)18-3-6(14)4-19-11-10(17)9(16)8(15)7(2-12)20-11/h6-12,14-17H,2-4H2,1H3/t6-,7-,8+,9+,10-,11+/m0/s1. The number of hydrogen-bond donors (Lipinski definition) is 5. The summed E-state index contributed by atoms with van der Waals surface area (Å²) in [6.07, 6.45) is -8.08. The zero-order chi connectivity index (χ0) is 15.3. The molecule has 1 heterocycles. The number of carbonyl (C=O) groups is 1. The Morgan fingerprint density at radius 2 is 1.85 bits per heavy atom. The Morgan fingerprint density at radius 1 is 1.20 bits per heavy atom. The molecule has 0 unspecified atom stereocenters. The maximum Gasteiger partial charge on any atom is 0.302 e. The summed E-state index contributed by atoms with van der Waals surface area (Å²) in [5.41, 5.74) is 0. The van der Waals surface area contributed by atoms with Crippen LogP contribution in [0.5, 0.6) is 0 Å². The largest absolute Gasteiger partial charge is 0.463 e. The van der Waals surface area contributed by atoms with Gasteiger partial charge in [-0.2, -0.15) is 0 Å². The summed E-state index contributed by atoms with van der Waals surface area (Å²) < 4.78 is 14.6. The van der Waals surface area contributed by atoms with Gasteiger partial charge in [-0.05, 0) is 0 Å². The van der Waals surface area contributed by atoms with Gasteiger partial charge in [-0.15, -0.1) is 0 Å². The van der Waals surface area contributed by atoms with Crippen molar-refractivity contribution in [3.05, 3.63) is 0 Å². The Bertz CT molecular complexity index is 308. The van der Waals surface area contributed by atoms with E-state index < -0.39 is 49.4 Å². The Hall–Kier alpha value is -0.810. The molecule has 0 aromatic carbocycles. The van der Waals surface area contributed by atoms with E-state index in [0.717, 1.165) is 0 Å². The van der Waals surface area contributed by atoms with Crippen LogP contribution in [0.2, 0.25) is 0 Å². The Balaban J connectivity index is 2.43. The second kappa shape index (κ2) is 7.84. The van der Waals surface area contributed by atoms with Crippen LogP contribution in [-0.4, -0.2) is 88.1 Å². The third kappa shape index (κ3) is 4.63. The lowest BCUT2D eigenvalue weighted by atomic mass is 9.99. The normalized spacial score (nSPS) is 35.6. The molecule has 1 rings (SSSR count). The van der Waals surface area contributed by atoms with Gasteiger partial charge in [0.05, 0.1) is 13.2 Å². The smallest absolute Gasteiger partial charge is 0.302 e. The minimum absolute atomic E-state index is 0.285. The molecule has 9 heteroatoms. The van der Waals surface area contributed by atoms with Gasteiger partial charge in [0, 0.05) is 6.92 Å². The third-order valence-corrected chi connectivity index (χ3v) is 2.78. The Kier molecular flexibility index (Phi) is 6.76. The van der Waals surface area contributed by atoms with E-state index in [9.17, 15) is 25.2 Å². The third-order valence-electron chi connectivity index (χ3n) is 2.78. The average Bonchev–Trinajstić information content (AvgIpc) is 2.42. The van der Waals surface area contributed by atoms with Gasteiger partial charge in [0.25, 0.3) is 0 Å². The zero-order valence-electron chi connectivity index (χ0n) is 11.0. The average molecular weight is 296 g/mol. The molecule has 1 saturated heterocycles. The van der Waals surface area contributed by atoms with Gasteiger partial charge in [-0.3, -0.25) is 4.79 Å². The van der Waals surface area contributed by atoms with Crippen LogP contribution in [0.25, 0.3) is 0 Å². The highest BCUT2D eigenvalue weighted by atomic mass is 16.7. The van der Waals surface area contributed by atoms with Gasteiger partial charge in [0.15, 0.2) is 6.29 Å². The Labute approximate surface area is 115 Å². The molecule has 6 atom stereocenters. The topological polar surface area (TPSA) is 146 Å². The summed E-state index contributed by atoms with van der Waals surface area (Å²) in [5, 5.41) is 47.1. The SMILES string of the molecule is CC(=O)OC[C@H](O)CO[C@@H]1O[C@@H](CO)[C@@H](O)[C@@H](O)[C@@H]1O. The number of esters is 1. The van der Waals surface area contributed by atoms with Crippen molar-refractivity contribution in [2.75, 3.05) is 19.8 Å². The first-order valence-corrected chi connectivity index (χ1v) is 6.10. The van der Waals surface area contributed by atoms with Crippen LogP contribution < -0.4 is 0 Å². The number of carbonyl (C=O) groups excluding carboxylic acids is 1. The maximum absolute atomic E-state index is 10.5. The molecule has 0 spiro atoms. The highest BCUT2D eigenvalue weighted by molar-refractivity contribution is 5.65. The van der Waals surface area contributed by atoms with Gasteiger partial charge in [-0.25, -0.2) is 0 Å². The fourth-order valence-corrected chi connectivity index (χ4v) is 1.67. The van der Waals surface area contributed by atoms with Crippen molar-refractivity contribution in [1.29, 1.82) is 0 Å². The molecule has 5 N–H and O–H groups in total. The van der Waals surface area contributed by atoms with Gasteiger partial charge in [-0.1, -0.05) is 0 Å². The zero-order valence-corrected chi connectivity index (χ0v) is 11.0. The summed E-state index contributed by atoms with van der Waals surface area (Å²) in [5.74, 6) is -0.558. The minimum atomic E-state index is -1.54. The van der Waals surface area contributed by atoms with Gasteiger partial charge < -0.3 is 39.7 Å². The fraction of sp³-hybridized carbons (Fsp3) is 0.909. The lowest BCUT2D eigenvalue weighted by Crippen LogP contribution is -2.59. The molecule has 20 heavy (non-hydrogen) atoms. The van der Waals surface area contributed by atoms with Crippen LogP contribution in [-0.2, 0) is 19.0 Å². The molecule has 118 valence electrons. The lowest BCUT2D eigenvalue weighted by molar-refractivity contribution is -0.304. The maximum atomic E-state index is 10.5. The summed E-state index contributed by atoms with van der Waals surface area (Å²) in [4.78, 5) is 10.5. The number of ether oxygens (including phenoxy) is 3. The molecule has 1 fully saturated rings.